The number of hydrogen-bond donors (Lipinski definition) is 0. The summed E-state index contributed by atoms with van der Waals surface area (Å²) in [5.41, 5.74) is 1.98. The molecule has 0 saturated carbocycles. The van der Waals surface area contributed by atoms with Crippen LogP contribution in [0.2, 0.25) is 0 Å². The van der Waals surface area contributed by atoms with Crippen LogP contribution < -0.4 is 0 Å². The van der Waals surface area contributed by atoms with Gasteiger partial charge in [-0.05, 0) is 37.6 Å². The van der Waals surface area contributed by atoms with Crippen LogP contribution in [0.5, 0.6) is 0 Å². The molecule has 1 aromatic heterocycles. The van der Waals surface area contributed by atoms with Crippen LogP contribution in [0.1, 0.15) is 11.3 Å². The summed E-state index contributed by atoms with van der Waals surface area (Å²) < 4.78 is 27.0. The van der Waals surface area contributed by atoms with E-state index in [1.54, 1.807) is 18.3 Å². The van der Waals surface area contributed by atoms with E-state index < -0.39 is 11.6 Å². The molecule has 0 unspecified atom stereocenters. The van der Waals surface area contributed by atoms with Gasteiger partial charge in [-0.1, -0.05) is 6.07 Å². The van der Waals surface area contributed by atoms with Crippen LogP contribution in [0.25, 0.3) is 11.1 Å². The van der Waals surface area contributed by atoms with E-state index in [0.29, 0.717) is 11.1 Å². The third kappa shape index (κ3) is 1.94. The molecule has 0 aliphatic heterocycles. The Morgan fingerprint density at radius 3 is 2.38 bits per heavy atom. The van der Waals surface area contributed by atoms with Crippen LogP contribution in [0.3, 0.4) is 0 Å². The highest BCUT2D eigenvalue weighted by Gasteiger charge is 2.09. The molecule has 0 aliphatic carbocycles. The normalized spacial score (nSPS) is 10.5. The fraction of sp³-hybridized carbons (Fsp3) is 0.154. The van der Waals surface area contributed by atoms with E-state index in [9.17, 15) is 8.78 Å². The molecular weight excluding hydrogens is 208 g/mol. The van der Waals surface area contributed by atoms with Gasteiger partial charge in [0, 0.05) is 23.0 Å². The molecule has 0 aliphatic rings. The second-order valence-corrected chi connectivity index (χ2v) is 3.77. The largest absolute Gasteiger partial charge is 0.261 e. The monoisotopic (exact) mass is 219 g/mol. The zero-order valence-corrected chi connectivity index (χ0v) is 9.09. The molecule has 16 heavy (non-hydrogen) atoms. The summed E-state index contributed by atoms with van der Waals surface area (Å²) in [7, 11) is 0. The Morgan fingerprint density at radius 2 is 1.75 bits per heavy atom. The Morgan fingerprint density at radius 1 is 1.00 bits per heavy atom. The number of nitrogens with zero attached hydrogens (tertiary/aromatic N) is 1. The molecule has 0 amide bonds. The highest BCUT2D eigenvalue weighted by atomic mass is 19.1. The lowest BCUT2D eigenvalue weighted by atomic mass is 10.0. The van der Waals surface area contributed by atoms with E-state index in [4.69, 9.17) is 0 Å². The topological polar surface area (TPSA) is 12.9 Å². The minimum atomic E-state index is -0.426. The first-order chi connectivity index (χ1) is 7.58. The van der Waals surface area contributed by atoms with Gasteiger partial charge in [-0.15, -0.1) is 0 Å². The summed E-state index contributed by atoms with van der Waals surface area (Å²) in [5, 5.41) is 0. The second kappa shape index (κ2) is 4.00. The fourth-order valence-electron chi connectivity index (χ4n) is 1.49. The van der Waals surface area contributed by atoms with Crippen LogP contribution in [0, 0.1) is 25.5 Å². The summed E-state index contributed by atoms with van der Waals surface area (Å²) in [6, 6.07) is 5.91. The van der Waals surface area contributed by atoms with Gasteiger partial charge in [0.15, 0.2) is 0 Å². The molecule has 1 aromatic carbocycles. The van der Waals surface area contributed by atoms with Crippen LogP contribution in [0.4, 0.5) is 8.78 Å². The molecule has 1 heterocycles. The van der Waals surface area contributed by atoms with Crippen molar-refractivity contribution in [1.29, 1.82) is 0 Å². The van der Waals surface area contributed by atoms with Gasteiger partial charge in [0.05, 0.1) is 0 Å². The van der Waals surface area contributed by atoms with E-state index in [0.717, 1.165) is 5.69 Å². The summed E-state index contributed by atoms with van der Waals surface area (Å²) in [4.78, 5) is 4.06. The first-order valence-corrected chi connectivity index (χ1v) is 4.96. The Balaban J connectivity index is 2.56. The number of benzene rings is 1. The minimum absolute atomic E-state index is 0.246. The summed E-state index contributed by atoms with van der Waals surface area (Å²) in [6.07, 6.45) is 1.54. The average molecular weight is 219 g/mol. The molecule has 0 N–H and O–H groups in total. The molecule has 0 fully saturated rings. The van der Waals surface area contributed by atoms with Gasteiger partial charge >= 0.3 is 0 Å². The van der Waals surface area contributed by atoms with Crippen molar-refractivity contribution in [2.45, 2.75) is 13.8 Å². The van der Waals surface area contributed by atoms with Gasteiger partial charge < -0.3 is 0 Å². The predicted molar refractivity (Wildman–Crippen MR) is 59.1 cm³/mol. The molecule has 0 radical (unpaired) electrons. The molecule has 82 valence electrons. The molecule has 2 rings (SSSR count). The van der Waals surface area contributed by atoms with Crippen molar-refractivity contribution in [2.24, 2.45) is 0 Å². The van der Waals surface area contributed by atoms with Crippen molar-refractivity contribution < 1.29 is 8.78 Å². The van der Waals surface area contributed by atoms with Gasteiger partial charge in [0.2, 0.25) is 0 Å². The molecule has 0 atom stereocenters. The third-order valence-electron chi connectivity index (χ3n) is 2.47. The molecule has 1 nitrogen and oxygen atoms in total. The number of hydrogen-bond acceptors (Lipinski definition) is 1. The lowest BCUT2D eigenvalue weighted by Gasteiger charge is -2.05. The Hall–Kier alpha value is -1.77. The zero-order valence-electron chi connectivity index (χ0n) is 9.09. The van der Waals surface area contributed by atoms with Crippen molar-refractivity contribution >= 4 is 0 Å². The molecule has 3 heteroatoms. The lowest BCUT2D eigenvalue weighted by molar-refractivity contribution is 0.595. The van der Waals surface area contributed by atoms with Crippen LogP contribution in [-0.4, -0.2) is 4.98 Å². The van der Waals surface area contributed by atoms with Gasteiger partial charge in [-0.2, -0.15) is 0 Å². The van der Waals surface area contributed by atoms with Crippen molar-refractivity contribution in [3.8, 4) is 11.1 Å². The van der Waals surface area contributed by atoms with Crippen molar-refractivity contribution in [3.05, 3.63) is 53.4 Å². The molecule has 0 spiro atoms. The van der Waals surface area contributed by atoms with E-state index in [-0.39, 0.29) is 5.56 Å². The smallest absolute Gasteiger partial charge is 0.131 e. The van der Waals surface area contributed by atoms with Gasteiger partial charge in [0.1, 0.15) is 11.6 Å². The maximum Gasteiger partial charge on any atom is 0.131 e. The van der Waals surface area contributed by atoms with Gasteiger partial charge in [-0.25, -0.2) is 8.78 Å². The maximum atomic E-state index is 13.6. The molecule has 0 bridgehead atoms. The Labute approximate surface area is 92.8 Å². The van der Waals surface area contributed by atoms with Crippen LogP contribution >= 0.6 is 0 Å². The van der Waals surface area contributed by atoms with Crippen molar-refractivity contribution in [1.82, 2.24) is 4.98 Å². The second-order valence-electron chi connectivity index (χ2n) is 3.77. The summed E-state index contributed by atoms with van der Waals surface area (Å²) >= 11 is 0. The van der Waals surface area contributed by atoms with E-state index >= 15 is 0 Å². The molecule has 2 aromatic rings. The SMILES string of the molecule is Cc1ccc(-c2cc(F)c(C)cc2F)cn1. The number of pyridine rings is 1. The minimum Gasteiger partial charge on any atom is -0.261 e. The van der Waals surface area contributed by atoms with E-state index in [2.05, 4.69) is 4.98 Å². The highest BCUT2D eigenvalue weighted by Crippen LogP contribution is 2.24. The maximum absolute atomic E-state index is 13.6. The highest BCUT2D eigenvalue weighted by molar-refractivity contribution is 5.63. The first-order valence-electron chi connectivity index (χ1n) is 4.96. The molecular formula is C13H11F2N. The lowest BCUT2D eigenvalue weighted by Crippen LogP contribution is -1.91. The predicted octanol–water partition coefficient (Wildman–Crippen LogP) is 3.64. The number of aryl methyl sites for hydroxylation is 2. The molecule has 0 saturated heterocycles. The summed E-state index contributed by atoms with van der Waals surface area (Å²) in [5.74, 6) is -0.832. The van der Waals surface area contributed by atoms with E-state index in [1.165, 1.54) is 19.1 Å². The van der Waals surface area contributed by atoms with Gasteiger partial charge in [0.25, 0.3) is 0 Å². The number of halogens is 2. The quantitative estimate of drug-likeness (QED) is 0.713. The average Bonchev–Trinajstić information content (AvgIpc) is 2.25. The van der Waals surface area contributed by atoms with E-state index in [1.807, 2.05) is 6.92 Å². The Kier molecular flexibility index (Phi) is 2.69. The van der Waals surface area contributed by atoms with Crippen molar-refractivity contribution in [3.63, 3.8) is 0 Å². The fourth-order valence-corrected chi connectivity index (χ4v) is 1.49. The Bertz CT molecular complexity index is 518. The summed E-state index contributed by atoms with van der Waals surface area (Å²) in [6.45, 7) is 3.38. The van der Waals surface area contributed by atoms with Crippen LogP contribution in [-0.2, 0) is 0 Å². The zero-order chi connectivity index (χ0) is 11.7. The first kappa shape index (κ1) is 10.7. The number of aromatic nitrogens is 1. The van der Waals surface area contributed by atoms with Gasteiger partial charge in [-0.3, -0.25) is 4.98 Å². The standard InChI is InChI=1S/C13H11F2N/c1-8-5-13(15)11(6-12(8)14)10-4-3-9(2)16-7-10/h3-7H,1-2H3. The third-order valence-corrected chi connectivity index (χ3v) is 2.47. The van der Waals surface area contributed by atoms with Crippen molar-refractivity contribution in [2.75, 3.05) is 0 Å². The van der Waals surface area contributed by atoms with Crippen LogP contribution in [0.15, 0.2) is 30.5 Å². The number of rotatable bonds is 1.